The van der Waals surface area contributed by atoms with Crippen LogP contribution in [-0.4, -0.2) is 117 Å². The molecule has 6 amide bonds. The van der Waals surface area contributed by atoms with Crippen LogP contribution in [0.4, 0.5) is 30.6 Å². The number of nitrogens with one attached hydrogen (secondary N) is 2. The Balaban J connectivity index is 1.15. The van der Waals surface area contributed by atoms with E-state index in [0.717, 1.165) is 49.7 Å². The number of carboxylic acid groups (broad SMARTS) is 2. The van der Waals surface area contributed by atoms with Crippen LogP contribution in [0.15, 0.2) is 58.5 Å². The maximum Gasteiger partial charge on any atom is 0.407 e. The minimum absolute atomic E-state index is 0.0403. The van der Waals surface area contributed by atoms with Crippen LogP contribution in [0.2, 0.25) is 0 Å². The highest BCUT2D eigenvalue weighted by atomic mass is 16.4. The van der Waals surface area contributed by atoms with Gasteiger partial charge in [0, 0.05) is 52.4 Å². The van der Waals surface area contributed by atoms with Crippen molar-refractivity contribution in [2.75, 3.05) is 39.3 Å². The summed E-state index contributed by atoms with van der Waals surface area (Å²) >= 11 is 0. The first kappa shape index (κ1) is 39.3. The highest BCUT2D eigenvalue weighted by Crippen LogP contribution is 2.35. The van der Waals surface area contributed by atoms with Crippen LogP contribution in [0.1, 0.15) is 49.7 Å². The molecule has 0 radical (unpaired) electrons. The fourth-order valence-corrected chi connectivity index (χ4v) is 7.87. The summed E-state index contributed by atoms with van der Waals surface area (Å²) in [6.07, 6.45) is 2.52. The molecular weight excluding hydrogens is 696 g/mol. The van der Waals surface area contributed by atoms with Gasteiger partial charge in [-0.15, -0.1) is 0 Å². The zero-order valence-corrected chi connectivity index (χ0v) is 30.3. The molecule has 18 heteroatoms. The molecule has 1 saturated carbocycles. The molecule has 2 saturated heterocycles. The second kappa shape index (κ2) is 18.2. The van der Waals surface area contributed by atoms with Gasteiger partial charge in [0.25, 0.3) is 0 Å². The smallest absolute Gasteiger partial charge is 0.407 e. The van der Waals surface area contributed by atoms with Crippen molar-refractivity contribution in [3.63, 3.8) is 0 Å². The lowest BCUT2D eigenvalue weighted by Gasteiger charge is -2.46. The summed E-state index contributed by atoms with van der Waals surface area (Å²) in [6, 6.07) is 13.1. The minimum Gasteiger partial charge on any atom is -0.465 e. The summed E-state index contributed by atoms with van der Waals surface area (Å²) in [5, 5.41) is 26.1. The van der Waals surface area contributed by atoms with Gasteiger partial charge in [0.2, 0.25) is 0 Å². The third-order valence-electron chi connectivity index (χ3n) is 10.6. The average Bonchev–Trinajstić information content (AvgIpc) is 3.13. The van der Waals surface area contributed by atoms with Crippen LogP contribution in [-0.2, 0) is 13.1 Å². The number of carbonyl (C=O) groups excluding carboxylic acids is 2. The maximum atomic E-state index is 13.2. The monoisotopic (exact) mass is 748 g/mol. The third-order valence-corrected chi connectivity index (χ3v) is 10.6. The van der Waals surface area contributed by atoms with Crippen LogP contribution in [0.3, 0.4) is 0 Å². The molecule has 5 rings (SSSR count). The summed E-state index contributed by atoms with van der Waals surface area (Å²) in [7, 11) is 0. The Hall–Kier alpha value is -5.94. The molecule has 12 N–H and O–H groups in total. The topological polar surface area (TPSA) is 275 Å². The van der Waals surface area contributed by atoms with E-state index in [1.54, 1.807) is 34.1 Å². The first-order valence-electron chi connectivity index (χ1n) is 18.3. The molecule has 18 nitrogen and oxygen atoms in total. The van der Waals surface area contributed by atoms with Gasteiger partial charge in [0.15, 0.2) is 11.9 Å². The Morgan fingerprint density at radius 2 is 0.944 bits per heavy atom. The number of guanidine groups is 2. The van der Waals surface area contributed by atoms with Crippen molar-refractivity contribution < 1.29 is 29.4 Å². The zero-order valence-electron chi connectivity index (χ0n) is 30.3. The van der Waals surface area contributed by atoms with Crippen LogP contribution in [0.5, 0.6) is 0 Å². The van der Waals surface area contributed by atoms with Crippen LogP contribution >= 0.6 is 0 Å². The van der Waals surface area contributed by atoms with Crippen molar-refractivity contribution in [2.24, 2.45) is 44.8 Å². The number of carbonyl (C=O) groups is 4. The Kier molecular flexibility index (Phi) is 13.2. The number of amides is 6. The minimum atomic E-state index is -0.999. The van der Waals surface area contributed by atoms with E-state index in [1.165, 1.54) is 9.80 Å². The number of nitrogens with two attached hydrogens (primary N) is 4. The molecule has 292 valence electrons. The molecule has 2 aliphatic heterocycles. The molecular formula is C36H52N12O6. The highest BCUT2D eigenvalue weighted by molar-refractivity contribution is 5.79. The highest BCUT2D eigenvalue weighted by Gasteiger charge is 2.40. The van der Waals surface area contributed by atoms with Crippen LogP contribution in [0, 0.1) is 11.8 Å². The van der Waals surface area contributed by atoms with E-state index in [1.807, 2.05) is 24.3 Å². The number of nitrogens with zero attached hydrogens (tertiary/aromatic N) is 6. The van der Waals surface area contributed by atoms with Crippen LogP contribution in [0.25, 0.3) is 0 Å². The third kappa shape index (κ3) is 10.6. The number of aliphatic imine (C=N–C) groups is 2. The molecule has 2 heterocycles. The summed E-state index contributed by atoms with van der Waals surface area (Å²) in [6.45, 7) is 2.17. The zero-order chi connectivity index (χ0) is 38.8. The molecule has 0 aromatic heterocycles. The van der Waals surface area contributed by atoms with Gasteiger partial charge in [-0.3, -0.25) is 0 Å². The second-order valence-corrected chi connectivity index (χ2v) is 14.1. The standard InChI is InChI=1S/C36H52N12O6/c37-31(38)43-27-11-7-23(8-12-27)19-41-33(49)45-15-17-47(35(51)52)29(21-45)25-3-1-4-26(6-2-5-25)30-22-46(16-18-48(30)36(53)54)34(50)42-20-24-9-13-28(14-10-24)44-32(39)40/h7-14,25-26,29-30H,1-6,15-22H2,(H,41,49)(H,42,50)(H,51,52)(H,53,54)(H4,37,38,43)(H4,39,40,44). The molecule has 2 atom stereocenters. The molecule has 54 heavy (non-hydrogen) atoms. The quantitative estimate of drug-likeness (QED) is 0.144. The lowest BCUT2D eigenvalue weighted by atomic mass is 9.78. The van der Waals surface area contributed by atoms with E-state index in [4.69, 9.17) is 22.9 Å². The van der Waals surface area contributed by atoms with E-state index < -0.39 is 12.2 Å². The van der Waals surface area contributed by atoms with Gasteiger partial charge in [-0.2, -0.15) is 0 Å². The van der Waals surface area contributed by atoms with Gasteiger partial charge in [-0.25, -0.2) is 29.2 Å². The lowest BCUT2D eigenvalue weighted by molar-refractivity contribution is 0.0345. The fraction of sp³-hybridized carbons (Fsp3) is 0.500. The van der Waals surface area contributed by atoms with E-state index >= 15 is 0 Å². The molecule has 2 unspecified atom stereocenters. The average molecular weight is 749 g/mol. The predicted octanol–water partition coefficient (Wildman–Crippen LogP) is 2.53. The number of hydrogen-bond donors (Lipinski definition) is 8. The van der Waals surface area contributed by atoms with Crippen molar-refractivity contribution in [1.29, 1.82) is 0 Å². The second-order valence-electron chi connectivity index (χ2n) is 14.1. The van der Waals surface area contributed by atoms with Crippen molar-refractivity contribution in [3.05, 3.63) is 59.7 Å². The van der Waals surface area contributed by atoms with Gasteiger partial charge >= 0.3 is 24.2 Å². The Labute approximate surface area is 314 Å². The summed E-state index contributed by atoms with van der Waals surface area (Å²) < 4.78 is 0. The van der Waals surface area contributed by atoms with E-state index in [-0.39, 0.29) is 87.2 Å². The number of piperazine rings is 2. The normalized spacial score (nSPS) is 21.9. The van der Waals surface area contributed by atoms with Gasteiger partial charge in [-0.1, -0.05) is 37.1 Å². The van der Waals surface area contributed by atoms with Crippen LogP contribution < -0.4 is 33.6 Å². The molecule has 2 aromatic rings. The van der Waals surface area contributed by atoms with Crippen molar-refractivity contribution >= 4 is 47.5 Å². The first-order valence-corrected chi connectivity index (χ1v) is 18.3. The van der Waals surface area contributed by atoms with E-state index in [2.05, 4.69) is 20.6 Å². The van der Waals surface area contributed by atoms with Gasteiger partial charge in [0.1, 0.15) is 0 Å². The fourth-order valence-electron chi connectivity index (χ4n) is 7.87. The molecule has 1 aliphatic carbocycles. The van der Waals surface area contributed by atoms with Gasteiger partial charge < -0.3 is 63.4 Å². The molecule has 3 fully saturated rings. The molecule has 2 aromatic carbocycles. The maximum absolute atomic E-state index is 13.2. The SMILES string of the molecule is NC(N)=Nc1ccc(CNC(=O)N2CCN(C(=O)O)C(C3CCCC(C4CN(C(=O)NCc5ccc(N=C(N)N)cc5)CCN4C(=O)O)CCC3)C2)cc1. The predicted molar refractivity (Wildman–Crippen MR) is 203 cm³/mol. The Morgan fingerprint density at radius 1 is 0.593 bits per heavy atom. The molecule has 0 spiro atoms. The van der Waals surface area contributed by atoms with E-state index in [0.29, 0.717) is 24.5 Å². The van der Waals surface area contributed by atoms with Gasteiger partial charge in [-0.05, 0) is 72.9 Å². The number of hydrogen-bond acceptors (Lipinski definition) is 6. The molecule has 0 bridgehead atoms. The van der Waals surface area contributed by atoms with Gasteiger partial charge in [0.05, 0.1) is 23.5 Å². The lowest BCUT2D eigenvalue weighted by Crippen LogP contribution is -2.60. The van der Waals surface area contributed by atoms with Crippen molar-refractivity contribution in [3.8, 4) is 0 Å². The summed E-state index contributed by atoms with van der Waals surface area (Å²) in [5.74, 6) is -0.00311. The van der Waals surface area contributed by atoms with Crippen molar-refractivity contribution in [2.45, 2.75) is 63.7 Å². The largest absolute Gasteiger partial charge is 0.465 e. The van der Waals surface area contributed by atoms with Crippen molar-refractivity contribution in [1.82, 2.24) is 30.2 Å². The first-order chi connectivity index (χ1) is 25.9. The Bertz CT molecular complexity index is 1550. The number of urea groups is 2. The number of rotatable bonds is 8. The molecule has 3 aliphatic rings. The summed E-state index contributed by atoms with van der Waals surface area (Å²) in [4.78, 5) is 65.5. The summed E-state index contributed by atoms with van der Waals surface area (Å²) in [5.41, 5.74) is 24.7. The van der Waals surface area contributed by atoms with E-state index in [9.17, 15) is 29.4 Å². The Morgan fingerprint density at radius 3 is 1.26 bits per heavy atom. The number of benzene rings is 2.